The summed E-state index contributed by atoms with van der Waals surface area (Å²) in [6, 6.07) is 5.47. The highest BCUT2D eigenvalue weighted by atomic mass is 32.2. The molecule has 0 spiro atoms. The molecular weight excluding hydrogens is 416 g/mol. The number of amides is 1. The van der Waals surface area contributed by atoms with E-state index < -0.39 is 28.0 Å². The van der Waals surface area contributed by atoms with Gasteiger partial charge in [-0.1, -0.05) is 0 Å². The van der Waals surface area contributed by atoms with Crippen molar-refractivity contribution in [3.05, 3.63) is 35.5 Å². The van der Waals surface area contributed by atoms with E-state index in [9.17, 15) is 18.0 Å². The van der Waals surface area contributed by atoms with Crippen molar-refractivity contribution in [2.75, 3.05) is 17.7 Å². The van der Waals surface area contributed by atoms with Crippen LogP contribution in [-0.4, -0.2) is 43.9 Å². The second kappa shape index (κ2) is 9.33. The maximum absolute atomic E-state index is 12.4. The maximum atomic E-state index is 12.4. The van der Waals surface area contributed by atoms with Gasteiger partial charge in [-0.2, -0.15) is 4.37 Å². The third-order valence-electron chi connectivity index (χ3n) is 3.77. The van der Waals surface area contributed by atoms with Gasteiger partial charge in [0.2, 0.25) is 10.0 Å². The van der Waals surface area contributed by atoms with Gasteiger partial charge in [-0.05, 0) is 63.5 Å². The van der Waals surface area contributed by atoms with Crippen molar-refractivity contribution in [3.8, 4) is 0 Å². The molecular formula is C18H24N4O5S2. The summed E-state index contributed by atoms with van der Waals surface area (Å²) >= 11 is 1.13. The Morgan fingerprint density at radius 1 is 1.14 bits per heavy atom. The summed E-state index contributed by atoms with van der Waals surface area (Å²) in [5.41, 5.74) is 1.19. The quantitative estimate of drug-likeness (QED) is 0.538. The minimum atomic E-state index is -3.62. The number of rotatable bonds is 8. The lowest BCUT2D eigenvalue weighted by atomic mass is 10.2. The SMILES string of the molecule is CNc1snc(C)c1C(=O)O[C@@H](C)C(=O)Nc1ccc(S(=O)(=O)NC(C)C)cc1. The summed E-state index contributed by atoms with van der Waals surface area (Å²) in [4.78, 5) is 24.8. The van der Waals surface area contributed by atoms with Crippen molar-refractivity contribution in [1.29, 1.82) is 0 Å². The van der Waals surface area contributed by atoms with Crippen LogP contribution in [0.15, 0.2) is 29.2 Å². The van der Waals surface area contributed by atoms with E-state index in [4.69, 9.17) is 4.74 Å². The van der Waals surface area contributed by atoms with Gasteiger partial charge < -0.3 is 15.4 Å². The lowest BCUT2D eigenvalue weighted by molar-refractivity contribution is -0.123. The highest BCUT2D eigenvalue weighted by Gasteiger charge is 2.24. The molecule has 0 bridgehead atoms. The lowest BCUT2D eigenvalue weighted by Gasteiger charge is -2.14. The topological polar surface area (TPSA) is 126 Å². The van der Waals surface area contributed by atoms with E-state index in [-0.39, 0.29) is 10.9 Å². The number of aryl methyl sites for hydroxylation is 1. The van der Waals surface area contributed by atoms with E-state index in [1.165, 1.54) is 31.2 Å². The highest BCUT2D eigenvalue weighted by Crippen LogP contribution is 2.25. The van der Waals surface area contributed by atoms with E-state index in [1.54, 1.807) is 27.8 Å². The molecule has 0 fully saturated rings. The van der Waals surface area contributed by atoms with Crippen molar-refractivity contribution in [2.45, 2.75) is 44.7 Å². The van der Waals surface area contributed by atoms with Crippen molar-refractivity contribution in [2.24, 2.45) is 0 Å². The monoisotopic (exact) mass is 440 g/mol. The smallest absolute Gasteiger partial charge is 0.343 e. The van der Waals surface area contributed by atoms with Gasteiger partial charge in [0.05, 0.1) is 10.6 Å². The Labute approximate surface area is 174 Å². The number of carbonyl (C=O) groups excluding carboxylic acids is 2. The van der Waals surface area contributed by atoms with Crippen LogP contribution in [0.25, 0.3) is 0 Å². The predicted octanol–water partition coefficient (Wildman–Crippen LogP) is 2.36. The first-order chi connectivity index (χ1) is 13.5. The summed E-state index contributed by atoms with van der Waals surface area (Å²) in [5, 5.41) is 6.03. The van der Waals surface area contributed by atoms with Crippen LogP contribution >= 0.6 is 11.5 Å². The molecule has 0 radical (unpaired) electrons. The van der Waals surface area contributed by atoms with Crippen LogP contribution < -0.4 is 15.4 Å². The Morgan fingerprint density at radius 2 is 1.76 bits per heavy atom. The summed E-state index contributed by atoms with van der Waals surface area (Å²) in [7, 11) is -1.95. The number of benzene rings is 1. The standard InChI is InChI=1S/C18H24N4O5S2/c1-10(2)22-29(25,26)14-8-6-13(7-9-14)20-16(23)12(4)27-18(24)15-11(3)21-28-17(15)19-5/h6-10,12,19,22H,1-5H3,(H,20,23)/t12-/m0/s1. The fraction of sp³-hybridized carbons (Fsp3) is 0.389. The number of sulfonamides is 1. The molecule has 1 aromatic heterocycles. The number of hydrogen-bond donors (Lipinski definition) is 3. The Balaban J connectivity index is 2.02. The van der Waals surface area contributed by atoms with Crippen LogP contribution in [0.3, 0.4) is 0 Å². The lowest BCUT2D eigenvalue weighted by Crippen LogP contribution is -2.31. The number of aromatic nitrogens is 1. The van der Waals surface area contributed by atoms with Gasteiger partial charge in [0.1, 0.15) is 10.6 Å². The molecule has 0 aliphatic rings. The first-order valence-corrected chi connectivity index (χ1v) is 11.1. The minimum absolute atomic E-state index is 0.0868. The van der Waals surface area contributed by atoms with Crippen molar-refractivity contribution >= 4 is 44.1 Å². The number of hydrogen-bond acceptors (Lipinski definition) is 8. The fourth-order valence-corrected chi connectivity index (χ4v) is 4.38. The van der Waals surface area contributed by atoms with Crippen LogP contribution in [0, 0.1) is 6.92 Å². The van der Waals surface area contributed by atoms with E-state index in [0.29, 0.717) is 21.9 Å². The summed E-state index contributed by atoms with van der Waals surface area (Å²) in [6.45, 7) is 6.58. The molecule has 0 aliphatic heterocycles. The van der Waals surface area contributed by atoms with Crippen LogP contribution in [0.2, 0.25) is 0 Å². The van der Waals surface area contributed by atoms with Gasteiger partial charge in [0.15, 0.2) is 6.10 Å². The summed E-state index contributed by atoms with van der Waals surface area (Å²) in [6.07, 6.45) is -1.06. The largest absolute Gasteiger partial charge is 0.449 e. The zero-order valence-electron chi connectivity index (χ0n) is 16.8. The average molecular weight is 441 g/mol. The van der Waals surface area contributed by atoms with Crippen LogP contribution in [0.5, 0.6) is 0 Å². The second-order valence-electron chi connectivity index (χ2n) is 6.56. The highest BCUT2D eigenvalue weighted by molar-refractivity contribution is 7.89. The second-order valence-corrected chi connectivity index (χ2v) is 9.05. The van der Waals surface area contributed by atoms with Crippen molar-refractivity contribution < 1.29 is 22.7 Å². The molecule has 0 unspecified atom stereocenters. The first-order valence-electron chi connectivity index (χ1n) is 8.83. The van der Waals surface area contributed by atoms with Gasteiger partial charge in [-0.15, -0.1) is 0 Å². The molecule has 1 amide bonds. The van der Waals surface area contributed by atoms with Gasteiger partial charge in [-0.25, -0.2) is 17.9 Å². The molecule has 158 valence electrons. The molecule has 0 saturated carbocycles. The predicted molar refractivity (Wildman–Crippen MR) is 112 cm³/mol. The van der Waals surface area contributed by atoms with E-state index in [0.717, 1.165) is 11.5 Å². The first kappa shape index (κ1) is 22.8. The molecule has 0 aliphatic carbocycles. The average Bonchev–Trinajstić information content (AvgIpc) is 3.01. The number of esters is 1. The molecule has 3 N–H and O–H groups in total. The zero-order chi connectivity index (χ0) is 21.8. The molecule has 1 atom stereocenters. The molecule has 2 aromatic rings. The van der Waals surface area contributed by atoms with Crippen molar-refractivity contribution in [1.82, 2.24) is 9.10 Å². The van der Waals surface area contributed by atoms with E-state index >= 15 is 0 Å². The molecule has 9 nitrogen and oxygen atoms in total. The van der Waals surface area contributed by atoms with Gasteiger partial charge in [-0.3, -0.25) is 4.79 Å². The van der Waals surface area contributed by atoms with Gasteiger partial charge in [0.25, 0.3) is 5.91 Å². The molecule has 1 aromatic carbocycles. The molecule has 11 heteroatoms. The molecule has 2 rings (SSSR count). The maximum Gasteiger partial charge on any atom is 0.343 e. The number of nitrogens with zero attached hydrogens (tertiary/aromatic N) is 1. The van der Waals surface area contributed by atoms with Crippen LogP contribution in [0.4, 0.5) is 10.7 Å². The van der Waals surface area contributed by atoms with Gasteiger partial charge in [0, 0.05) is 18.8 Å². The molecule has 0 saturated heterocycles. The number of nitrogens with one attached hydrogen (secondary N) is 3. The summed E-state index contributed by atoms with van der Waals surface area (Å²) in [5.74, 6) is -1.19. The number of carbonyl (C=O) groups is 2. The van der Waals surface area contributed by atoms with E-state index in [2.05, 4.69) is 19.7 Å². The third-order valence-corrected chi connectivity index (χ3v) is 6.40. The summed E-state index contributed by atoms with van der Waals surface area (Å²) < 4.78 is 36.1. The van der Waals surface area contributed by atoms with Crippen LogP contribution in [0.1, 0.15) is 36.8 Å². The Bertz CT molecular complexity index is 984. The zero-order valence-corrected chi connectivity index (χ0v) is 18.4. The van der Waals surface area contributed by atoms with Crippen molar-refractivity contribution in [3.63, 3.8) is 0 Å². The molecule has 1 heterocycles. The Kier molecular flexibility index (Phi) is 7.33. The fourth-order valence-electron chi connectivity index (χ4n) is 2.39. The molecule has 29 heavy (non-hydrogen) atoms. The van der Waals surface area contributed by atoms with E-state index in [1.807, 2.05) is 0 Å². The third kappa shape index (κ3) is 5.75. The Morgan fingerprint density at radius 3 is 2.31 bits per heavy atom. The number of anilines is 2. The van der Waals surface area contributed by atoms with Crippen LogP contribution in [-0.2, 0) is 19.6 Å². The van der Waals surface area contributed by atoms with Gasteiger partial charge >= 0.3 is 5.97 Å². The number of ether oxygens (including phenoxy) is 1. The normalized spacial score (nSPS) is 12.5. The minimum Gasteiger partial charge on any atom is -0.449 e. The Hall–Kier alpha value is -2.50.